The number of hydrogen-bond donors (Lipinski definition) is 1. The van der Waals surface area contributed by atoms with Crippen LogP contribution in [0.3, 0.4) is 0 Å². The first-order valence-electron chi connectivity index (χ1n) is 5.92. The number of nitro groups is 1. The molecule has 9 nitrogen and oxygen atoms in total. The first-order chi connectivity index (χ1) is 9.93. The number of aromatic hydroxyl groups is 1. The van der Waals surface area contributed by atoms with Crippen molar-refractivity contribution >= 4 is 11.9 Å². The van der Waals surface area contributed by atoms with E-state index >= 15 is 0 Å². The molecule has 0 aliphatic heterocycles. The maximum Gasteiger partial charge on any atom is 0.274 e. The second-order valence-corrected chi connectivity index (χ2v) is 4.19. The number of phenols is 1. The summed E-state index contributed by atoms with van der Waals surface area (Å²) in [5.41, 5.74) is -0.0446. The van der Waals surface area contributed by atoms with Crippen LogP contribution in [0, 0.1) is 24.0 Å². The molecule has 0 fully saturated rings. The van der Waals surface area contributed by atoms with Crippen LogP contribution < -0.4 is 4.74 Å². The minimum atomic E-state index is -0.575. The average Bonchev–Trinajstić information content (AvgIpc) is 2.77. The summed E-state index contributed by atoms with van der Waals surface area (Å²) in [7, 11) is 1.31. The highest BCUT2D eigenvalue weighted by Crippen LogP contribution is 2.33. The largest absolute Gasteiger partial charge is 0.504 e. The fourth-order valence-corrected chi connectivity index (χ4v) is 1.72. The van der Waals surface area contributed by atoms with Crippen molar-refractivity contribution < 1.29 is 14.8 Å². The molecule has 0 atom stereocenters. The normalized spacial score (nSPS) is 11.0. The van der Waals surface area contributed by atoms with Crippen molar-refractivity contribution in [2.24, 2.45) is 5.10 Å². The Morgan fingerprint density at radius 2 is 2.00 bits per heavy atom. The van der Waals surface area contributed by atoms with E-state index in [-0.39, 0.29) is 22.7 Å². The standard InChI is InChI=1S/C12H13N5O4/c1-7-14-15-8(2)16(7)13-6-9-4-10(17(19)20)5-11(21-3)12(9)18/h4-6,18H,1-3H3/b13-6-. The Hall–Kier alpha value is -2.97. The van der Waals surface area contributed by atoms with Crippen LogP contribution in [0.25, 0.3) is 0 Å². The molecule has 1 heterocycles. The Morgan fingerprint density at radius 1 is 1.38 bits per heavy atom. The van der Waals surface area contributed by atoms with Gasteiger partial charge in [-0.25, -0.2) is 4.68 Å². The molecule has 1 aromatic carbocycles. The van der Waals surface area contributed by atoms with Crippen LogP contribution in [0.2, 0.25) is 0 Å². The molecule has 0 aliphatic rings. The summed E-state index contributed by atoms with van der Waals surface area (Å²) in [5.74, 6) is 0.888. The molecule has 110 valence electrons. The number of ether oxygens (including phenoxy) is 1. The van der Waals surface area contributed by atoms with Gasteiger partial charge >= 0.3 is 0 Å². The first kappa shape index (κ1) is 14.4. The molecule has 0 unspecified atom stereocenters. The Kier molecular flexibility index (Phi) is 3.83. The number of methoxy groups -OCH3 is 1. The summed E-state index contributed by atoms with van der Waals surface area (Å²) in [6.07, 6.45) is 1.29. The molecule has 9 heteroatoms. The third-order valence-corrected chi connectivity index (χ3v) is 2.78. The highest BCUT2D eigenvalue weighted by molar-refractivity contribution is 5.86. The average molecular weight is 291 g/mol. The van der Waals surface area contributed by atoms with E-state index in [0.717, 1.165) is 6.07 Å². The number of aryl methyl sites for hydroxylation is 2. The molecule has 2 aromatic rings. The lowest BCUT2D eigenvalue weighted by Crippen LogP contribution is -1.98. The number of benzene rings is 1. The van der Waals surface area contributed by atoms with E-state index in [9.17, 15) is 15.2 Å². The van der Waals surface area contributed by atoms with Crippen molar-refractivity contribution in [1.29, 1.82) is 0 Å². The van der Waals surface area contributed by atoms with Crippen molar-refractivity contribution in [3.63, 3.8) is 0 Å². The zero-order valence-electron chi connectivity index (χ0n) is 11.6. The summed E-state index contributed by atoms with van der Waals surface area (Å²) < 4.78 is 6.36. The molecule has 2 rings (SSSR count). The number of aromatic nitrogens is 3. The summed E-state index contributed by atoms with van der Waals surface area (Å²) in [6.45, 7) is 3.43. The lowest BCUT2D eigenvalue weighted by Gasteiger charge is -2.06. The summed E-state index contributed by atoms with van der Waals surface area (Å²) in [4.78, 5) is 10.3. The maximum atomic E-state index is 10.9. The zero-order chi connectivity index (χ0) is 15.6. The Labute approximate surface area is 119 Å². The molecular formula is C12H13N5O4. The van der Waals surface area contributed by atoms with Gasteiger partial charge in [-0.1, -0.05) is 0 Å². The van der Waals surface area contributed by atoms with Crippen molar-refractivity contribution in [1.82, 2.24) is 14.9 Å². The van der Waals surface area contributed by atoms with Crippen LogP contribution in [0.5, 0.6) is 11.5 Å². The van der Waals surface area contributed by atoms with E-state index in [4.69, 9.17) is 4.74 Å². The highest BCUT2D eigenvalue weighted by Gasteiger charge is 2.16. The lowest BCUT2D eigenvalue weighted by molar-refractivity contribution is -0.385. The molecule has 1 N–H and O–H groups in total. The van der Waals surface area contributed by atoms with Crippen LogP contribution >= 0.6 is 0 Å². The minimum absolute atomic E-state index is 0.00264. The zero-order valence-corrected chi connectivity index (χ0v) is 11.6. The highest BCUT2D eigenvalue weighted by atomic mass is 16.6. The molecule has 0 radical (unpaired) electrons. The van der Waals surface area contributed by atoms with Crippen molar-refractivity contribution in [2.75, 3.05) is 7.11 Å². The van der Waals surface area contributed by atoms with Gasteiger partial charge < -0.3 is 9.84 Å². The van der Waals surface area contributed by atoms with E-state index in [1.54, 1.807) is 13.8 Å². The molecule has 0 aliphatic carbocycles. The Bertz CT molecular complexity index is 703. The number of phenolic OH excluding ortho intramolecular Hbond substituents is 1. The van der Waals surface area contributed by atoms with Gasteiger partial charge in [0.05, 0.1) is 24.3 Å². The number of nitro benzene ring substituents is 1. The molecular weight excluding hydrogens is 278 g/mol. The number of hydrogen-bond acceptors (Lipinski definition) is 7. The van der Waals surface area contributed by atoms with Gasteiger partial charge in [0.25, 0.3) is 5.69 Å². The summed E-state index contributed by atoms with van der Waals surface area (Å²) in [5, 5.41) is 32.6. The van der Waals surface area contributed by atoms with Gasteiger partial charge in [-0.3, -0.25) is 10.1 Å². The lowest BCUT2D eigenvalue weighted by atomic mass is 10.2. The first-order valence-corrected chi connectivity index (χ1v) is 5.92. The molecule has 0 saturated carbocycles. The van der Waals surface area contributed by atoms with Crippen LogP contribution in [0.15, 0.2) is 17.2 Å². The van der Waals surface area contributed by atoms with E-state index < -0.39 is 4.92 Å². The molecule has 0 bridgehead atoms. The SMILES string of the molecule is COc1cc([N+](=O)[O-])cc(/C=N\n2c(C)nnc2C)c1O. The number of nitrogens with zero attached hydrogens (tertiary/aromatic N) is 5. The van der Waals surface area contributed by atoms with E-state index in [1.807, 2.05) is 0 Å². The monoisotopic (exact) mass is 291 g/mol. The molecule has 0 spiro atoms. The van der Waals surface area contributed by atoms with Gasteiger partial charge in [-0.15, -0.1) is 10.2 Å². The third kappa shape index (κ3) is 2.81. The van der Waals surface area contributed by atoms with Crippen molar-refractivity contribution in [3.05, 3.63) is 39.5 Å². The summed E-state index contributed by atoms with van der Waals surface area (Å²) >= 11 is 0. The van der Waals surface area contributed by atoms with E-state index in [1.165, 1.54) is 24.1 Å². The summed E-state index contributed by atoms with van der Waals surface area (Å²) in [6, 6.07) is 2.35. The maximum absolute atomic E-state index is 10.9. The predicted octanol–water partition coefficient (Wildman–Crippen LogP) is 1.40. The van der Waals surface area contributed by atoms with Gasteiger partial charge in [-0.2, -0.15) is 5.10 Å². The fraction of sp³-hybridized carbons (Fsp3) is 0.250. The van der Waals surface area contributed by atoms with Gasteiger partial charge in [-0.05, 0) is 13.8 Å². The van der Waals surface area contributed by atoms with Crippen LogP contribution in [0.4, 0.5) is 5.69 Å². The predicted molar refractivity (Wildman–Crippen MR) is 73.8 cm³/mol. The van der Waals surface area contributed by atoms with Crippen molar-refractivity contribution in [3.8, 4) is 11.5 Å². The molecule has 21 heavy (non-hydrogen) atoms. The number of non-ortho nitro benzene ring substituents is 1. The molecule has 0 saturated heterocycles. The Balaban J connectivity index is 2.48. The van der Waals surface area contributed by atoms with Crippen LogP contribution in [-0.4, -0.2) is 38.2 Å². The van der Waals surface area contributed by atoms with E-state index in [0.29, 0.717) is 11.6 Å². The number of rotatable bonds is 4. The fourth-order valence-electron chi connectivity index (χ4n) is 1.72. The smallest absolute Gasteiger partial charge is 0.274 e. The molecule has 1 aromatic heterocycles. The second-order valence-electron chi connectivity index (χ2n) is 4.19. The van der Waals surface area contributed by atoms with Crippen LogP contribution in [-0.2, 0) is 0 Å². The Morgan fingerprint density at radius 3 is 2.52 bits per heavy atom. The van der Waals surface area contributed by atoms with Gasteiger partial charge in [0, 0.05) is 11.6 Å². The van der Waals surface area contributed by atoms with Gasteiger partial charge in [0.15, 0.2) is 23.1 Å². The molecule has 0 amide bonds. The van der Waals surface area contributed by atoms with Crippen LogP contribution in [0.1, 0.15) is 17.2 Å². The van der Waals surface area contributed by atoms with Gasteiger partial charge in [0.2, 0.25) is 0 Å². The quantitative estimate of drug-likeness (QED) is 0.517. The minimum Gasteiger partial charge on any atom is -0.504 e. The van der Waals surface area contributed by atoms with Crippen molar-refractivity contribution in [2.45, 2.75) is 13.8 Å². The van der Waals surface area contributed by atoms with Gasteiger partial charge in [0.1, 0.15) is 0 Å². The topological polar surface area (TPSA) is 116 Å². The van der Waals surface area contributed by atoms with E-state index in [2.05, 4.69) is 15.3 Å². The third-order valence-electron chi connectivity index (χ3n) is 2.78. The second kappa shape index (κ2) is 5.57.